The zero-order chi connectivity index (χ0) is 14.5. The molecule has 1 N–H and O–H groups in total. The van der Waals surface area contributed by atoms with Gasteiger partial charge in [-0.1, -0.05) is 17.7 Å². The second-order valence-corrected chi connectivity index (χ2v) is 5.44. The lowest BCUT2D eigenvalue weighted by Crippen LogP contribution is -2.01. The molecule has 2 aromatic rings. The standard InChI is InChI=1S/C15H14BrClFNO/c1-2-20-15-6-4-11(8-14(15)18)19-9-10-3-5-13(17)12(16)7-10/h3-8,19H,2,9H2,1H3. The predicted molar refractivity (Wildman–Crippen MR) is 84.0 cm³/mol. The Labute approximate surface area is 131 Å². The molecule has 5 heteroatoms. The van der Waals surface area contributed by atoms with Crippen molar-refractivity contribution >= 4 is 33.2 Å². The van der Waals surface area contributed by atoms with E-state index in [2.05, 4.69) is 21.2 Å². The molecule has 0 saturated heterocycles. The highest BCUT2D eigenvalue weighted by molar-refractivity contribution is 9.10. The Hall–Kier alpha value is -1.26. The monoisotopic (exact) mass is 357 g/mol. The van der Waals surface area contributed by atoms with E-state index in [0.29, 0.717) is 23.9 Å². The predicted octanol–water partition coefficient (Wildman–Crippen LogP) is 5.25. The number of anilines is 1. The van der Waals surface area contributed by atoms with Gasteiger partial charge in [0.2, 0.25) is 0 Å². The number of benzene rings is 2. The number of rotatable bonds is 5. The summed E-state index contributed by atoms with van der Waals surface area (Å²) < 4.78 is 19.7. The average Bonchev–Trinajstić information content (AvgIpc) is 2.43. The number of hydrogen-bond donors (Lipinski definition) is 1. The Morgan fingerprint density at radius 3 is 2.70 bits per heavy atom. The normalized spacial score (nSPS) is 10.4. The Morgan fingerprint density at radius 2 is 2.05 bits per heavy atom. The van der Waals surface area contributed by atoms with E-state index in [1.807, 2.05) is 25.1 Å². The molecule has 0 bridgehead atoms. The molecule has 2 nitrogen and oxygen atoms in total. The van der Waals surface area contributed by atoms with Crippen LogP contribution in [0.15, 0.2) is 40.9 Å². The highest BCUT2D eigenvalue weighted by Crippen LogP contribution is 2.24. The number of hydrogen-bond acceptors (Lipinski definition) is 2. The minimum atomic E-state index is -0.367. The maximum atomic E-state index is 13.7. The molecule has 0 atom stereocenters. The van der Waals surface area contributed by atoms with Crippen LogP contribution in [0.3, 0.4) is 0 Å². The van der Waals surface area contributed by atoms with Crippen LogP contribution in [0.1, 0.15) is 12.5 Å². The van der Waals surface area contributed by atoms with Gasteiger partial charge < -0.3 is 10.1 Å². The summed E-state index contributed by atoms with van der Waals surface area (Å²) >= 11 is 9.31. The summed E-state index contributed by atoms with van der Waals surface area (Å²) in [6.45, 7) is 2.86. The van der Waals surface area contributed by atoms with Crippen molar-refractivity contribution in [2.75, 3.05) is 11.9 Å². The third-order valence-electron chi connectivity index (χ3n) is 2.71. The van der Waals surface area contributed by atoms with Crippen molar-refractivity contribution in [1.82, 2.24) is 0 Å². The van der Waals surface area contributed by atoms with Crippen LogP contribution in [0.5, 0.6) is 5.75 Å². The first-order valence-corrected chi connectivity index (χ1v) is 7.37. The van der Waals surface area contributed by atoms with Crippen molar-refractivity contribution in [2.45, 2.75) is 13.5 Å². The molecule has 0 unspecified atom stereocenters. The molecule has 0 saturated carbocycles. The van der Waals surface area contributed by atoms with E-state index in [4.69, 9.17) is 16.3 Å². The lowest BCUT2D eigenvalue weighted by molar-refractivity contribution is 0.321. The zero-order valence-electron chi connectivity index (χ0n) is 10.9. The first-order chi connectivity index (χ1) is 9.60. The van der Waals surface area contributed by atoms with Gasteiger partial charge in [-0.2, -0.15) is 0 Å². The minimum absolute atomic E-state index is 0.271. The molecular formula is C15H14BrClFNO. The summed E-state index contributed by atoms with van der Waals surface area (Å²) in [5.41, 5.74) is 1.76. The van der Waals surface area contributed by atoms with Crippen LogP contribution in [-0.4, -0.2) is 6.61 Å². The van der Waals surface area contributed by atoms with Crippen molar-refractivity contribution in [3.63, 3.8) is 0 Å². The van der Waals surface area contributed by atoms with E-state index < -0.39 is 0 Å². The van der Waals surface area contributed by atoms with E-state index in [-0.39, 0.29) is 11.6 Å². The van der Waals surface area contributed by atoms with Crippen molar-refractivity contribution in [2.24, 2.45) is 0 Å². The van der Waals surface area contributed by atoms with Gasteiger partial charge >= 0.3 is 0 Å². The maximum Gasteiger partial charge on any atom is 0.167 e. The summed E-state index contributed by atoms with van der Waals surface area (Å²) in [5.74, 6) is -0.0959. The van der Waals surface area contributed by atoms with Crippen molar-refractivity contribution in [1.29, 1.82) is 0 Å². The molecule has 0 fully saturated rings. The molecular weight excluding hydrogens is 345 g/mol. The second-order valence-electron chi connectivity index (χ2n) is 4.18. The molecule has 2 rings (SSSR count). The number of halogens is 3. The van der Waals surface area contributed by atoms with Crippen molar-refractivity contribution in [3.8, 4) is 5.75 Å². The van der Waals surface area contributed by atoms with Crippen LogP contribution in [0, 0.1) is 5.82 Å². The Kier molecular flexibility index (Phi) is 5.26. The van der Waals surface area contributed by atoms with Crippen LogP contribution < -0.4 is 10.1 Å². The number of ether oxygens (including phenoxy) is 1. The summed E-state index contributed by atoms with van der Waals surface area (Å²) in [4.78, 5) is 0. The maximum absolute atomic E-state index is 13.7. The first-order valence-electron chi connectivity index (χ1n) is 6.20. The lowest BCUT2D eigenvalue weighted by Gasteiger charge is -2.10. The highest BCUT2D eigenvalue weighted by atomic mass is 79.9. The molecule has 0 spiro atoms. The Balaban J connectivity index is 2.03. The molecule has 0 radical (unpaired) electrons. The van der Waals surface area contributed by atoms with Gasteiger partial charge in [0, 0.05) is 22.8 Å². The zero-order valence-corrected chi connectivity index (χ0v) is 13.3. The lowest BCUT2D eigenvalue weighted by atomic mass is 10.2. The van der Waals surface area contributed by atoms with E-state index in [0.717, 1.165) is 10.0 Å². The molecule has 0 aliphatic heterocycles. The third kappa shape index (κ3) is 3.87. The highest BCUT2D eigenvalue weighted by Gasteiger charge is 2.04. The smallest absolute Gasteiger partial charge is 0.167 e. The fraction of sp³-hybridized carbons (Fsp3) is 0.200. The van der Waals surface area contributed by atoms with E-state index in [9.17, 15) is 4.39 Å². The molecule has 0 amide bonds. The van der Waals surface area contributed by atoms with Crippen molar-refractivity contribution < 1.29 is 9.13 Å². The molecule has 0 heterocycles. The first kappa shape index (κ1) is 15.1. The van der Waals surface area contributed by atoms with Gasteiger partial charge in [0.05, 0.1) is 11.6 Å². The molecule has 106 valence electrons. The fourth-order valence-electron chi connectivity index (χ4n) is 1.74. The van der Waals surface area contributed by atoms with Gasteiger partial charge in [0.25, 0.3) is 0 Å². The third-order valence-corrected chi connectivity index (χ3v) is 3.93. The largest absolute Gasteiger partial charge is 0.491 e. The van der Waals surface area contributed by atoms with Gasteiger partial charge in [-0.25, -0.2) is 4.39 Å². The van der Waals surface area contributed by atoms with Crippen LogP contribution in [0.4, 0.5) is 10.1 Å². The summed E-state index contributed by atoms with van der Waals surface area (Å²) in [7, 11) is 0. The van der Waals surface area contributed by atoms with Gasteiger partial charge in [0.15, 0.2) is 11.6 Å². The Morgan fingerprint density at radius 1 is 1.25 bits per heavy atom. The van der Waals surface area contributed by atoms with Crippen LogP contribution in [-0.2, 0) is 6.54 Å². The van der Waals surface area contributed by atoms with Gasteiger partial charge in [-0.3, -0.25) is 0 Å². The summed E-state index contributed by atoms with van der Waals surface area (Å²) in [5, 5.41) is 3.83. The van der Waals surface area contributed by atoms with Crippen molar-refractivity contribution in [3.05, 3.63) is 57.3 Å². The Bertz CT molecular complexity index is 606. The molecule has 20 heavy (non-hydrogen) atoms. The van der Waals surface area contributed by atoms with Gasteiger partial charge in [-0.05, 0) is 52.7 Å². The fourth-order valence-corrected chi connectivity index (χ4v) is 2.28. The van der Waals surface area contributed by atoms with Gasteiger partial charge in [-0.15, -0.1) is 0 Å². The van der Waals surface area contributed by atoms with Crippen LogP contribution in [0.25, 0.3) is 0 Å². The SMILES string of the molecule is CCOc1ccc(NCc2ccc(Cl)c(Br)c2)cc1F. The minimum Gasteiger partial charge on any atom is -0.491 e. The van der Waals surface area contributed by atoms with E-state index >= 15 is 0 Å². The second kappa shape index (κ2) is 6.95. The topological polar surface area (TPSA) is 21.3 Å². The quantitative estimate of drug-likeness (QED) is 0.788. The summed E-state index contributed by atoms with van der Waals surface area (Å²) in [6.07, 6.45) is 0. The van der Waals surface area contributed by atoms with E-state index in [1.54, 1.807) is 12.1 Å². The number of nitrogens with one attached hydrogen (secondary N) is 1. The molecule has 0 aliphatic rings. The average molecular weight is 359 g/mol. The van der Waals surface area contributed by atoms with E-state index in [1.165, 1.54) is 6.07 Å². The van der Waals surface area contributed by atoms with Crippen LogP contribution in [0.2, 0.25) is 5.02 Å². The molecule has 0 aliphatic carbocycles. The molecule has 0 aromatic heterocycles. The van der Waals surface area contributed by atoms with Crippen LogP contribution >= 0.6 is 27.5 Å². The summed E-state index contributed by atoms with van der Waals surface area (Å²) in [6, 6.07) is 10.5. The molecule has 2 aromatic carbocycles. The van der Waals surface area contributed by atoms with Gasteiger partial charge in [0.1, 0.15) is 0 Å².